The highest BCUT2D eigenvalue weighted by molar-refractivity contribution is 5.91. The zero-order valence-electron chi connectivity index (χ0n) is 29.2. The Hall–Kier alpha value is -5.49. The van der Waals surface area contributed by atoms with Crippen LogP contribution in [0.5, 0.6) is 5.75 Å². The number of rotatable bonds is 13. The predicted molar refractivity (Wildman–Crippen MR) is 206 cm³/mol. The van der Waals surface area contributed by atoms with Crippen molar-refractivity contribution in [2.24, 2.45) is 0 Å². The molecule has 1 aromatic heterocycles. The van der Waals surface area contributed by atoms with Gasteiger partial charge in [0.25, 0.3) is 0 Å². The number of hydrogen-bond donors (Lipinski definition) is 7. The number of fused-ring (bicyclic) bond motifs is 1. The number of aromatic nitrogens is 1. The maximum absolute atomic E-state index is 12.3. The van der Waals surface area contributed by atoms with E-state index >= 15 is 0 Å². The molecule has 0 unspecified atom stereocenters. The molecule has 1 atom stereocenters. The number of nitrogens with zero attached hydrogens (tertiary/aromatic N) is 1. The van der Waals surface area contributed by atoms with E-state index in [1.807, 2.05) is 54.6 Å². The maximum atomic E-state index is 12.3. The third-order valence-electron chi connectivity index (χ3n) is 9.01. The minimum Gasteiger partial charge on any atom is -0.506 e. The van der Waals surface area contributed by atoms with Gasteiger partial charge in [0.1, 0.15) is 5.75 Å². The summed E-state index contributed by atoms with van der Waals surface area (Å²) in [4.78, 5) is 39.7. The van der Waals surface area contributed by atoms with E-state index in [2.05, 4.69) is 38.0 Å². The topological polar surface area (TPSA) is 167 Å². The fraction of sp³-hybridized carbons (Fsp3) is 0.293. The molecule has 1 saturated heterocycles. The second-order valence-corrected chi connectivity index (χ2v) is 12.8. The van der Waals surface area contributed by atoms with E-state index < -0.39 is 12.2 Å². The van der Waals surface area contributed by atoms with Crippen LogP contribution in [0.25, 0.3) is 22.0 Å². The van der Waals surface area contributed by atoms with Crippen LogP contribution >= 0.6 is 0 Å². The van der Waals surface area contributed by atoms with E-state index in [0.29, 0.717) is 28.7 Å². The van der Waals surface area contributed by atoms with Crippen LogP contribution in [-0.4, -0.2) is 69.9 Å². The molecule has 0 saturated carbocycles. The number of anilines is 2. The molecule has 11 nitrogen and oxygen atoms in total. The second-order valence-electron chi connectivity index (χ2n) is 12.8. The number of benzene rings is 4. The summed E-state index contributed by atoms with van der Waals surface area (Å²) in [6.07, 6.45) is 4.57. The first kappa shape index (κ1) is 37.8. The first-order chi connectivity index (χ1) is 25.3. The molecule has 2 amide bonds. The van der Waals surface area contributed by atoms with Crippen molar-refractivity contribution >= 4 is 34.3 Å². The average molecular weight is 706 g/mol. The number of likely N-dealkylation sites (tertiary alicyclic amines) is 1. The number of aryl methyl sites for hydroxylation is 1. The van der Waals surface area contributed by atoms with Crippen molar-refractivity contribution in [3.05, 3.63) is 125 Å². The quantitative estimate of drug-likeness (QED) is 0.0661. The van der Waals surface area contributed by atoms with Crippen LogP contribution in [0.15, 0.2) is 108 Å². The summed E-state index contributed by atoms with van der Waals surface area (Å²) in [6.45, 7) is 4.26. The summed E-state index contributed by atoms with van der Waals surface area (Å²) in [6, 6.07) is 31.1. The van der Waals surface area contributed by atoms with E-state index in [-0.39, 0.29) is 30.2 Å². The van der Waals surface area contributed by atoms with E-state index in [1.54, 1.807) is 24.3 Å². The molecule has 0 bridgehead atoms. The van der Waals surface area contributed by atoms with Crippen LogP contribution in [0.1, 0.15) is 49.3 Å². The minimum absolute atomic E-state index is 0.0474. The van der Waals surface area contributed by atoms with Gasteiger partial charge in [-0.25, -0.2) is 4.79 Å². The Balaban J connectivity index is 0.000000272. The highest BCUT2D eigenvalue weighted by atomic mass is 16.4. The largest absolute Gasteiger partial charge is 0.506 e. The Labute approximate surface area is 303 Å². The molecule has 7 N–H and O–H groups in total. The molecule has 1 aliphatic rings. The number of amides is 2. The molecule has 2 heterocycles. The summed E-state index contributed by atoms with van der Waals surface area (Å²) in [7, 11) is 0. The predicted octanol–water partition coefficient (Wildman–Crippen LogP) is 6.75. The molecule has 5 aromatic rings. The lowest BCUT2D eigenvalue weighted by atomic mass is 10.0. The third-order valence-corrected chi connectivity index (χ3v) is 9.01. The van der Waals surface area contributed by atoms with Crippen LogP contribution in [0.3, 0.4) is 0 Å². The SMILES string of the molecule is O=C(CCNC[C@H](O)c1ccc(O)c2[nH]c(=O)ccc12)Nc1ccc(CCCN2CCCCC2)cc1.O=C(O)Nc1ccccc1-c1ccccc1. The Kier molecular flexibility index (Phi) is 13.9. The molecular formula is C41H47N5O6. The number of para-hydroxylation sites is 1. The molecular weight excluding hydrogens is 658 g/mol. The lowest BCUT2D eigenvalue weighted by Crippen LogP contribution is -2.30. The van der Waals surface area contributed by atoms with Gasteiger partial charge in [0, 0.05) is 42.2 Å². The molecule has 1 fully saturated rings. The zero-order chi connectivity index (χ0) is 36.7. The van der Waals surface area contributed by atoms with Gasteiger partial charge in [-0.2, -0.15) is 0 Å². The van der Waals surface area contributed by atoms with Gasteiger partial charge >= 0.3 is 6.09 Å². The van der Waals surface area contributed by atoms with Crippen LogP contribution in [0.4, 0.5) is 16.2 Å². The number of carboxylic acid groups (broad SMARTS) is 1. The van der Waals surface area contributed by atoms with E-state index in [0.717, 1.165) is 36.2 Å². The summed E-state index contributed by atoms with van der Waals surface area (Å²) < 4.78 is 0. The van der Waals surface area contributed by atoms with Gasteiger partial charge in [0.15, 0.2) is 0 Å². The Morgan fingerprint density at radius 3 is 2.31 bits per heavy atom. The Morgan fingerprint density at radius 2 is 1.56 bits per heavy atom. The first-order valence-electron chi connectivity index (χ1n) is 17.8. The molecule has 272 valence electrons. The molecule has 1 aliphatic heterocycles. The summed E-state index contributed by atoms with van der Waals surface area (Å²) in [5.41, 5.74) is 5.10. The van der Waals surface area contributed by atoms with Crippen molar-refractivity contribution in [3.8, 4) is 16.9 Å². The fourth-order valence-corrected chi connectivity index (χ4v) is 6.34. The number of carbonyl (C=O) groups excluding carboxylic acids is 1. The monoisotopic (exact) mass is 705 g/mol. The molecule has 0 aliphatic carbocycles. The lowest BCUT2D eigenvalue weighted by molar-refractivity contribution is -0.116. The van der Waals surface area contributed by atoms with Crippen molar-refractivity contribution in [1.82, 2.24) is 15.2 Å². The minimum atomic E-state index is -1.05. The number of carbonyl (C=O) groups is 2. The van der Waals surface area contributed by atoms with Gasteiger partial charge in [0.05, 0.1) is 17.3 Å². The summed E-state index contributed by atoms with van der Waals surface area (Å²) in [5.74, 6) is -0.142. The van der Waals surface area contributed by atoms with Gasteiger partial charge in [-0.05, 0) is 92.3 Å². The van der Waals surface area contributed by atoms with Crippen molar-refractivity contribution < 1.29 is 24.9 Å². The number of aromatic hydroxyl groups is 1. The van der Waals surface area contributed by atoms with Crippen molar-refractivity contribution in [1.29, 1.82) is 0 Å². The van der Waals surface area contributed by atoms with E-state index in [9.17, 15) is 24.6 Å². The number of pyridine rings is 1. The fourth-order valence-electron chi connectivity index (χ4n) is 6.34. The number of hydrogen-bond acceptors (Lipinski definition) is 7. The van der Waals surface area contributed by atoms with Gasteiger partial charge in [-0.3, -0.25) is 14.9 Å². The maximum Gasteiger partial charge on any atom is 0.409 e. The number of phenolic OH excluding ortho intramolecular Hbond substituents is 1. The normalized spacial score (nSPS) is 13.5. The van der Waals surface area contributed by atoms with Crippen molar-refractivity contribution in [2.75, 3.05) is 43.4 Å². The number of aliphatic hydroxyl groups is 1. The Bertz CT molecular complexity index is 1960. The standard InChI is InChI=1S/C28H36N4O4.C13H11NO2/c33-24-12-10-22(23-11-13-26(35)31-28(23)24)25(34)19-29-15-14-27(36)30-21-8-6-20(7-9-21)5-4-18-32-16-2-1-3-17-32;15-13(16)14-12-9-5-4-8-11(12)10-6-2-1-3-7-10/h6-13,25,29,33-34H,1-5,14-19H2,(H,30,36)(H,31,35);1-9,14H,(H,15,16)/t25-;/m0./s1. The number of H-pyrrole nitrogens is 1. The van der Waals surface area contributed by atoms with Gasteiger partial charge < -0.3 is 35.8 Å². The third kappa shape index (κ3) is 11.3. The number of aromatic amines is 1. The molecule has 4 aromatic carbocycles. The van der Waals surface area contributed by atoms with E-state index in [4.69, 9.17) is 5.11 Å². The van der Waals surface area contributed by atoms with Gasteiger partial charge in [0.2, 0.25) is 11.5 Å². The van der Waals surface area contributed by atoms with E-state index in [1.165, 1.54) is 50.0 Å². The number of phenols is 1. The van der Waals surface area contributed by atoms with Gasteiger partial charge in [-0.1, -0.05) is 73.2 Å². The zero-order valence-corrected chi connectivity index (χ0v) is 29.2. The first-order valence-corrected chi connectivity index (χ1v) is 17.8. The van der Waals surface area contributed by atoms with Crippen molar-refractivity contribution in [2.45, 2.75) is 44.6 Å². The highest BCUT2D eigenvalue weighted by Gasteiger charge is 2.14. The molecule has 11 heteroatoms. The summed E-state index contributed by atoms with van der Waals surface area (Å²) >= 11 is 0. The second kappa shape index (κ2) is 19.2. The van der Waals surface area contributed by atoms with Crippen molar-refractivity contribution in [3.63, 3.8) is 0 Å². The molecule has 0 spiro atoms. The Morgan fingerprint density at radius 1 is 0.827 bits per heavy atom. The van der Waals surface area contributed by atoms with Crippen LogP contribution in [0.2, 0.25) is 0 Å². The molecule has 52 heavy (non-hydrogen) atoms. The van der Waals surface area contributed by atoms with Crippen LogP contribution in [-0.2, 0) is 11.2 Å². The van der Waals surface area contributed by atoms with Crippen LogP contribution in [0, 0.1) is 0 Å². The lowest BCUT2D eigenvalue weighted by Gasteiger charge is -2.26. The van der Waals surface area contributed by atoms with Gasteiger partial charge in [-0.15, -0.1) is 0 Å². The average Bonchev–Trinajstić information content (AvgIpc) is 3.15. The number of aliphatic hydroxyl groups excluding tert-OH is 1. The van der Waals surface area contributed by atoms with Crippen LogP contribution < -0.4 is 21.5 Å². The summed E-state index contributed by atoms with van der Waals surface area (Å²) in [5, 5.41) is 38.3. The number of nitrogens with one attached hydrogen (secondary N) is 4. The number of piperidine rings is 1. The smallest absolute Gasteiger partial charge is 0.409 e. The highest BCUT2D eigenvalue weighted by Crippen LogP contribution is 2.29. The molecule has 0 radical (unpaired) electrons. The molecule has 6 rings (SSSR count).